The Morgan fingerprint density at radius 1 is 1.21 bits per heavy atom. The van der Waals surface area contributed by atoms with Crippen molar-refractivity contribution in [2.75, 3.05) is 7.05 Å². The summed E-state index contributed by atoms with van der Waals surface area (Å²) in [5.74, 6) is 0.158. The van der Waals surface area contributed by atoms with Crippen LogP contribution in [0.15, 0.2) is 18.2 Å². The van der Waals surface area contributed by atoms with E-state index in [4.69, 9.17) is 23.2 Å². The molecule has 1 amide bonds. The zero-order valence-corrected chi connectivity index (χ0v) is 12.7. The molecule has 0 atom stereocenters. The van der Waals surface area contributed by atoms with Gasteiger partial charge in [-0.2, -0.15) is 0 Å². The monoisotopic (exact) mass is 299 g/mol. The molecular formula is C15H19Cl2NO. The SMILES string of the molecule is CN(C(=O)Cc1ccc(Cl)c(Cl)c1)C1CCCCC1. The Hall–Kier alpha value is -0.730. The van der Waals surface area contributed by atoms with Crippen molar-refractivity contribution < 1.29 is 4.79 Å². The van der Waals surface area contributed by atoms with Gasteiger partial charge in [-0.25, -0.2) is 0 Å². The van der Waals surface area contributed by atoms with E-state index in [0.29, 0.717) is 22.5 Å². The van der Waals surface area contributed by atoms with E-state index in [9.17, 15) is 4.79 Å². The molecule has 0 spiro atoms. The number of nitrogens with zero attached hydrogens (tertiary/aromatic N) is 1. The highest BCUT2D eigenvalue weighted by atomic mass is 35.5. The van der Waals surface area contributed by atoms with Gasteiger partial charge in [0.15, 0.2) is 0 Å². The van der Waals surface area contributed by atoms with Crippen molar-refractivity contribution in [3.63, 3.8) is 0 Å². The smallest absolute Gasteiger partial charge is 0.226 e. The van der Waals surface area contributed by atoms with Crippen LogP contribution < -0.4 is 0 Å². The van der Waals surface area contributed by atoms with Gasteiger partial charge in [0.05, 0.1) is 16.5 Å². The summed E-state index contributed by atoms with van der Waals surface area (Å²) >= 11 is 11.8. The average Bonchev–Trinajstić information content (AvgIpc) is 2.43. The van der Waals surface area contributed by atoms with E-state index in [1.54, 1.807) is 12.1 Å². The second-order valence-electron chi connectivity index (χ2n) is 5.22. The lowest BCUT2D eigenvalue weighted by molar-refractivity contribution is -0.131. The third-order valence-electron chi connectivity index (χ3n) is 3.86. The molecule has 0 unspecified atom stereocenters. The number of hydrogen-bond acceptors (Lipinski definition) is 1. The van der Waals surface area contributed by atoms with Crippen LogP contribution >= 0.6 is 23.2 Å². The minimum atomic E-state index is 0.158. The molecule has 0 aromatic heterocycles. The van der Waals surface area contributed by atoms with Crippen LogP contribution in [0.2, 0.25) is 10.0 Å². The van der Waals surface area contributed by atoms with Crippen LogP contribution in [0.4, 0.5) is 0 Å². The first-order valence-electron chi connectivity index (χ1n) is 6.77. The van der Waals surface area contributed by atoms with Crippen LogP contribution in [0.5, 0.6) is 0 Å². The average molecular weight is 300 g/mol. The molecule has 1 aliphatic rings. The van der Waals surface area contributed by atoms with Crippen molar-refractivity contribution in [2.45, 2.75) is 44.6 Å². The Balaban J connectivity index is 1.97. The summed E-state index contributed by atoms with van der Waals surface area (Å²) in [5.41, 5.74) is 0.919. The van der Waals surface area contributed by atoms with Crippen molar-refractivity contribution in [2.24, 2.45) is 0 Å². The Kier molecular flexibility index (Phi) is 5.12. The molecule has 1 aromatic carbocycles. The molecular weight excluding hydrogens is 281 g/mol. The van der Waals surface area contributed by atoms with Crippen LogP contribution in [0.3, 0.4) is 0 Å². The number of amides is 1. The van der Waals surface area contributed by atoms with E-state index < -0.39 is 0 Å². The van der Waals surface area contributed by atoms with Gasteiger partial charge >= 0.3 is 0 Å². The summed E-state index contributed by atoms with van der Waals surface area (Å²) in [7, 11) is 1.91. The molecule has 2 rings (SSSR count). The third kappa shape index (κ3) is 3.87. The summed E-state index contributed by atoms with van der Waals surface area (Å²) < 4.78 is 0. The molecule has 19 heavy (non-hydrogen) atoms. The highest BCUT2D eigenvalue weighted by Gasteiger charge is 2.22. The Morgan fingerprint density at radius 3 is 2.53 bits per heavy atom. The van der Waals surface area contributed by atoms with Crippen LogP contribution in [0.25, 0.3) is 0 Å². The van der Waals surface area contributed by atoms with Crippen LogP contribution in [0.1, 0.15) is 37.7 Å². The standard InChI is InChI=1S/C15H19Cl2NO/c1-18(12-5-3-2-4-6-12)15(19)10-11-7-8-13(16)14(17)9-11/h7-9,12H,2-6,10H2,1H3. The number of carbonyl (C=O) groups is 1. The first-order chi connectivity index (χ1) is 9.08. The van der Waals surface area contributed by atoms with Crippen molar-refractivity contribution in [3.05, 3.63) is 33.8 Å². The highest BCUT2D eigenvalue weighted by Crippen LogP contribution is 2.24. The van der Waals surface area contributed by atoms with Crippen LogP contribution in [0, 0.1) is 0 Å². The highest BCUT2D eigenvalue weighted by molar-refractivity contribution is 6.42. The van der Waals surface area contributed by atoms with E-state index in [1.165, 1.54) is 19.3 Å². The van der Waals surface area contributed by atoms with Gasteiger partial charge in [0, 0.05) is 13.1 Å². The molecule has 1 saturated carbocycles. The van der Waals surface area contributed by atoms with Crippen molar-refractivity contribution >= 4 is 29.1 Å². The number of hydrogen-bond donors (Lipinski definition) is 0. The second-order valence-corrected chi connectivity index (χ2v) is 6.04. The number of rotatable bonds is 3. The second kappa shape index (κ2) is 6.62. The zero-order valence-electron chi connectivity index (χ0n) is 11.2. The maximum absolute atomic E-state index is 12.3. The van der Waals surface area contributed by atoms with Gasteiger partial charge in [-0.3, -0.25) is 4.79 Å². The maximum Gasteiger partial charge on any atom is 0.226 e. The largest absolute Gasteiger partial charge is 0.342 e. The predicted molar refractivity (Wildman–Crippen MR) is 79.8 cm³/mol. The molecule has 0 N–H and O–H groups in total. The molecule has 1 fully saturated rings. The fourth-order valence-electron chi connectivity index (χ4n) is 2.62. The number of benzene rings is 1. The van der Waals surface area contributed by atoms with Gasteiger partial charge in [-0.1, -0.05) is 48.5 Å². The topological polar surface area (TPSA) is 20.3 Å². The lowest BCUT2D eigenvalue weighted by Crippen LogP contribution is -2.39. The fourth-order valence-corrected chi connectivity index (χ4v) is 2.94. The van der Waals surface area contributed by atoms with Crippen LogP contribution in [-0.4, -0.2) is 23.9 Å². The molecule has 0 saturated heterocycles. The van der Waals surface area contributed by atoms with E-state index in [0.717, 1.165) is 18.4 Å². The fraction of sp³-hybridized carbons (Fsp3) is 0.533. The number of likely N-dealkylation sites (N-methyl/N-ethyl adjacent to an activating group) is 1. The van der Waals surface area contributed by atoms with Crippen molar-refractivity contribution in [3.8, 4) is 0 Å². The summed E-state index contributed by atoms with van der Waals surface area (Å²) in [5, 5.41) is 1.03. The first-order valence-corrected chi connectivity index (χ1v) is 7.53. The first kappa shape index (κ1) is 14.7. The number of carbonyl (C=O) groups excluding carboxylic acids is 1. The molecule has 104 valence electrons. The number of halogens is 2. The van der Waals surface area contributed by atoms with Gasteiger partial charge < -0.3 is 4.90 Å². The summed E-state index contributed by atoms with van der Waals surface area (Å²) in [6.07, 6.45) is 6.41. The molecule has 0 bridgehead atoms. The summed E-state index contributed by atoms with van der Waals surface area (Å²) in [6.45, 7) is 0. The molecule has 0 radical (unpaired) electrons. The lowest BCUT2D eigenvalue weighted by atomic mass is 9.94. The normalized spacial score (nSPS) is 16.4. The Bertz CT molecular complexity index is 455. The maximum atomic E-state index is 12.3. The van der Waals surface area contributed by atoms with E-state index >= 15 is 0 Å². The Morgan fingerprint density at radius 2 is 1.89 bits per heavy atom. The molecule has 0 heterocycles. The Labute approximate surface area is 124 Å². The molecule has 1 aromatic rings. The van der Waals surface area contributed by atoms with Crippen molar-refractivity contribution in [1.29, 1.82) is 0 Å². The third-order valence-corrected chi connectivity index (χ3v) is 4.59. The van der Waals surface area contributed by atoms with Gasteiger partial charge in [0.2, 0.25) is 5.91 Å². The molecule has 0 aliphatic heterocycles. The van der Waals surface area contributed by atoms with Crippen LogP contribution in [-0.2, 0) is 11.2 Å². The summed E-state index contributed by atoms with van der Waals surface area (Å²) in [6, 6.07) is 5.79. The molecule has 1 aliphatic carbocycles. The lowest BCUT2D eigenvalue weighted by Gasteiger charge is -2.31. The predicted octanol–water partition coefficient (Wildman–Crippen LogP) is 4.33. The van der Waals surface area contributed by atoms with Crippen molar-refractivity contribution in [1.82, 2.24) is 4.90 Å². The minimum Gasteiger partial charge on any atom is -0.342 e. The minimum absolute atomic E-state index is 0.158. The van der Waals surface area contributed by atoms with Gasteiger partial charge in [-0.15, -0.1) is 0 Å². The van der Waals surface area contributed by atoms with Gasteiger partial charge in [0.1, 0.15) is 0 Å². The van der Waals surface area contributed by atoms with E-state index in [1.807, 2.05) is 18.0 Å². The van der Waals surface area contributed by atoms with Gasteiger partial charge in [-0.05, 0) is 30.5 Å². The molecule has 4 heteroatoms. The summed E-state index contributed by atoms with van der Waals surface area (Å²) in [4.78, 5) is 14.2. The quantitative estimate of drug-likeness (QED) is 0.813. The zero-order chi connectivity index (χ0) is 13.8. The molecule has 2 nitrogen and oxygen atoms in total. The van der Waals surface area contributed by atoms with E-state index in [-0.39, 0.29) is 5.91 Å². The van der Waals surface area contributed by atoms with Gasteiger partial charge in [0.25, 0.3) is 0 Å². The van der Waals surface area contributed by atoms with E-state index in [2.05, 4.69) is 0 Å².